The number of aliphatic hydroxyl groups is 2. The fourth-order valence-electron chi connectivity index (χ4n) is 3.54. The third-order valence-electron chi connectivity index (χ3n) is 5.52. The highest BCUT2D eigenvalue weighted by molar-refractivity contribution is 5.74. The Labute approximate surface area is 190 Å². The highest BCUT2D eigenvalue weighted by Crippen LogP contribution is 2.26. The van der Waals surface area contributed by atoms with Gasteiger partial charge in [0.25, 0.3) is 0 Å². The van der Waals surface area contributed by atoms with Gasteiger partial charge in [-0.25, -0.2) is 9.78 Å². The molecule has 2 aliphatic rings. The van der Waals surface area contributed by atoms with E-state index in [9.17, 15) is 28.2 Å². The summed E-state index contributed by atoms with van der Waals surface area (Å²) in [6.07, 6.45) is -2.73. The van der Waals surface area contributed by atoms with Crippen LogP contribution >= 0.6 is 0 Å². The van der Waals surface area contributed by atoms with E-state index in [1.54, 1.807) is 0 Å². The van der Waals surface area contributed by atoms with Crippen LogP contribution in [0.3, 0.4) is 0 Å². The predicted octanol–water partition coefficient (Wildman–Crippen LogP) is 0.747. The number of aromatic nitrogens is 2. The number of nitrogens with one attached hydrogen (secondary N) is 2. The third-order valence-corrected chi connectivity index (χ3v) is 5.52. The zero-order chi connectivity index (χ0) is 24.6. The standard InChI is InChI=1S/C15H29N3O4.C5H4F3N3/c1-10(2)18-6-3-11(4-7-18)17-15(21)16-9-13-14(20)12(19)5-8-22-13;6-5(7,8)3-1-10-2-4(9)11-3/h10-14,19-20H,3-9H2,1-2H3,(H2,16,17,21);1-2H,(H2,9,11). The summed E-state index contributed by atoms with van der Waals surface area (Å²) < 4.78 is 40.8. The van der Waals surface area contributed by atoms with Crippen LogP contribution in [0.1, 0.15) is 38.8 Å². The highest BCUT2D eigenvalue weighted by atomic mass is 19.4. The van der Waals surface area contributed by atoms with Gasteiger partial charge < -0.3 is 36.2 Å². The van der Waals surface area contributed by atoms with Gasteiger partial charge in [-0.1, -0.05) is 0 Å². The molecule has 0 radical (unpaired) electrons. The molecule has 13 heteroatoms. The molecule has 2 amide bonds. The summed E-state index contributed by atoms with van der Waals surface area (Å²) >= 11 is 0. The molecule has 0 spiro atoms. The number of hydrogen-bond donors (Lipinski definition) is 5. The van der Waals surface area contributed by atoms with Crippen LogP contribution in [0.2, 0.25) is 0 Å². The Bertz CT molecular complexity index is 747. The molecule has 33 heavy (non-hydrogen) atoms. The van der Waals surface area contributed by atoms with Crippen molar-refractivity contribution in [2.24, 2.45) is 0 Å². The number of ether oxygens (including phenoxy) is 1. The first-order chi connectivity index (χ1) is 15.5. The number of rotatable bonds is 4. The van der Waals surface area contributed by atoms with Crippen molar-refractivity contribution in [3.05, 3.63) is 18.1 Å². The van der Waals surface area contributed by atoms with Gasteiger partial charge in [0.1, 0.15) is 18.0 Å². The van der Waals surface area contributed by atoms with E-state index in [1.165, 1.54) is 0 Å². The van der Waals surface area contributed by atoms with E-state index in [-0.39, 0.29) is 24.4 Å². The molecule has 2 fully saturated rings. The van der Waals surface area contributed by atoms with Crippen LogP contribution < -0.4 is 16.4 Å². The first kappa shape index (κ1) is 27.0. The maximum atomic E-state index is 11.9. The second kappa shape index (κ2) is 12.3. The van der Waals surface area contributed by atoms with Crippen LogP contribution in [0.5, 0.6) is 0 Å². The molecule has 0 bridgehead atoms. The van der Waals surface area contributed by atoms with Gasteiger partial charge in [0.05, 0.1) is 18.5 Å². The summed E-state index contributed by atoms with van der Waals surface area (Å²) in [6.45, 7) is 6.97. The molecule has 2 aliphatic heterocycles. The average molecular weight is 479 g/mol. The van der Waals surface area contributed by atoms with E-state index in [0.29, 0.717) is 25.3 Å². The second-order valence-corrected chi connectivity index (χ2v) is 8.34. The molecule has 0 aliphatic carbocycles. The molecule has 6 N–H and O–H groups in total. The number of amides is 2. The van der Waals surface area contributed by atoms with Crippen molar-refractivity contribution < 1.29 is 32.9 Å². The molecule has 1 aromatic rings. The Morgan fingerprint density at radius 1 is 1.27 bits per heavy atom. The number of halogens is 3. The smallest absolute Gasteiger partial charge is 0.390 e. The lowest BCUT2D eigenvalue weighted by Crippen LogP contribution is -2.53. The largest absolute Gasteiger partial charge is 0.434 e. The first-order valence-corrected chi connectivity index (χ1v) is 10.9. The van der Waals surface area contributed by atoms with E-state index in [1.807, 2.05) is 0 Å². The Morgan fingerprint density at radius 2 is 1.94 bits per heavy atom. The molecule has 1 aromatic heterocycles. The molecule has 3 heterocycles. The molecule has 10 nitrogen and oxygen atoms in total. The minimum atomic E-state index is -4.47. The molecular weight excluding hydrogens is 445 g/mol. The second-order valence-electron chi connectivity index (χ2n) is 8.34. The number of nitrogens with two attached hydrogens (primary N) is 1. The first-order valence-electron chi connectivity index (χ1n) is 10.9. The summed E-state index contributed by atoms with van der Waals surface area (Å²) in [5.74, 6) is -0.236. The molecule has 3 atom stereocenters. The van der Waals surface area contributed by atoms with Crippen LogP contribution in [0.15, 0.2) is 12.4 Å². The molecule has 188 valence electrons. The number of carbonyl (C=O) groups excluding carboxylic acids is 1. The van der Waals surface area contributed by atoms with Crippen molar-refractivity contribution in [1.29, 1.82) is 0 Å². The SMILES string of the molecule is CC(C)N1CCC(NC(=O)NCC2OCCC(O)C2O)CC1.Nc1cncc(C(F)(F)F)n1. The van der Waals surface area contributed by atoms with Crippen LogP contribution in [-0.4, -0.2) is 87.7 Å². The van der Waals surface area contributed by atoms with Gasteiger partial charge in [0, 0.05) is 38.3 Å². The fraction of sp³-hybridized carbons (Fsp3) is 0.750. The summed E-state index contributed by atoms with van der Waals surface area (Å²) in [5.41, 5.74) is 3.91. The number of nitrogens with zero attached hydrogens (tertiary/aromatic N) is 3. The zero-order valence-electron chi connectivity index (χ0n) is 18.8. The van der Waals surface area contributed by atoms with Crippen molar-refractivity contribution in [2.75, 3.05) is 32.0 Å². The van der Waals surface area contributed by atoms with Gasteiger partial charge in [-0.3, -0.25) is 4.98 Å². The van der Waals surface area contributed by atoms with Crippen molar-refractivity contribution >= 4 is 11.8 Å². The van der Waals surface area contributed by atoms with Gasteiger partial charge in [0.15, 0.2) is 5.69 Å². The highest BCUT2D eigenvalue weighted by Gasteiger charge is 2.33. The monoisotopic (exact) mass is 478 g/mol. The molecular formula is C20H33F3N6O4. The van der Waals surface area contributed by atoms with Crippen molar-refractivity contribution in [3.8, 4) is 0 Å². The molecule has 2 saturated heterocycles. The van der Waals surface area contributed by atoms with Crippen LogP contribution in [-0.2, 0) is 10.9 Å². The van der Waals surface area contributed by atoms with Crippen molar-refractivity contribution in [3.63, 3.8) is 0 Å². The lowest BCUT2D eigenvalue weighted by Gasteiger charge is -2.35. The summed E-state index contributed by atoms with van der Waals surface area (Å²) in [7, 11) is 0. The van der Waals surface area contributed by atoms with E-state index in [2.05, 4.69) is 39.3 Å². The molecule has 0 saturated carbocycles. The Balaban J connectivity index is 0.000000294. The van der Waals surface area contributed by atoms with E-state index in [0.717, 1.165) is 32.1 Å². The minimum absolute atomic E-state index is 0.192. The number of likely N-dealkylation sites (tertiary alicyclic amines) is 1. The number of nitrogen functional groups attached to an aromatic ring is 1. The topological polar surface area (TPSA) is 146 Å². The van der Waals surface area contributed by atoms with Crippen LogP contribution in [0.25, 0.3) is 0 Å². The fourth-order valence-corrected chi connectivity index (χ4v) is 3.54. The summed E-state index contributed by atoms with van der Waals surface area (Å²) in [4.78, 5) is 20.6. The van der Waals surface area contributed by atoms with E-state index >= 15 is 0 Å². The van der Waals surface area contributed by atoms with E-state index < -0.39 is 30.2 Å². The Kier molecular flexibility index (Phi) is 10.1. The number of aliphatic hydroxyl groups excluding tert-OH is 2. The number of carbonyl (C=O) groups is 1. The number of anilines is 1. The number of urea groups is 1. The van der Waals surface area contributed by atoms with Gasteiger partial charge in [0.2, 0.25) is 0 Å². The number of hydrogen-bond acceptors (Lipinski definition) is 8. The predicted molar refractivity (Wildman–Crippen MR) is 114 cm³/mol. The maximum Gasteiger partial charge on any atom is 0.434 e. The van der Waals surface area contributed by atoms with Gasteiger partial charge in [-0.05, 0) is 33.1 Å². The molecule has 0 aromatic carbocycles. The molecule has 3 rings (SSSR count). The van der Waals surface area contributed by atoms with Gasteiger partial charge in [-0.2, -0.15) is 13.2 Å². The Morgan fingerprint density at radius 3 is 2.48 bits per heavy atom. The number of piperidine rings is 1. The van der Waals surface area contributed by atoms with Crippen LogP contribution in [0, 0.1) is 0 Å². The van der Waals surface area contributed by atoms with Gasteiger partial charge in [-0.15, -0.1) is 0 Å². The lowest BCUT2D eigenvalue weighted by atomic mass is 10.0. The lowest BCUT2D eigenvalue weighted by molar-refractivity contribution is -0.141. The van der Waals surface area contributed by atoms with Gasteiger partial charge >= 0.3 is 12.2 Å². The zero-order valence-corrected chi connectivity index (χ0v) is 18.8. The molecule has 3 unspecified atom stereocenters. The minimum Gasteiger partial charge on any atom is -0.390 e. The van der Waals surface area contributed by atoms with Crippen molar-refractivity contribution in [1.82, 2.24) is 25.5 Å². The number of alkyl halides is 3. The quantitative estimate of drug-likeness (QED) is 0.426. The Hall–Kier alpha value is -2.22. The average Bonchev–Trinajstić information content (AvgIpc) is 2.75. The normalized spacial score (nSPS) is 24.7. The van der Waals surface area contributed by atoms with Crippen molar-refractivity contribution in [2.45, 2.75) is 69.7 Å². The maximum absolute atomic E-state index is 11.9. The van der Waals surface area contributed by atoms with Crippen LogP contribution in [0.4, 0.5) is 23.8 Å². The summed E-state index contributed by atoms with van der Waals surface area (Å²) in [5, 5.41) is 25.1. The summed E-state index contributed by atoms with van der Waals surface area (Å²) in [6, 6.07) is 0.503. The van der Waals surface area contributed by atoms with E-state index in [4.69, 9.17) is 10.5 Å². The third kappa shape index (κ3) is 8.91.